The molecule has 1 heterocycles. The smallest absolute Gasteiger partial charge is 0.299 e. The molecular weight excluding hydrogens is 244 g/mol. The molecule has 2 rings (SSSR count). The molecule has 0 radical (unpaired) electrons. The molecule has 1 amide bonds. The fourth-order valence-corrected chi connectivity index (χ4v) is 1.89. The Hall–Kier alpha value is -1.82. The Kier molecular flexibility index (Phi) is 3.13. The Bertz CT molecular complexity index is 530. The van der Waals surface area contributed by atoms with Gasteiger partial charge in [0, 0.05) is 19.2 Å². The van der Waals surface area contributed by atoms with Gasteiger partial charge in [-0.1, -0.05) is 6.92 Å². The van der Waals surface area contributed by atoms with Gasteiger partial charge in [0.15, 0.2) is 0 Å². The highest BCUT2D eigenvalue weighted by Gasteiger charge is 2.39. The summed E-state index contributed by atoms with van der Waals surface area (Å²) in [6.45, 7) is 1.51. The van der Waals surface area contributed by atoms with E-state index in [9.17, 15) is 18.4 Å². The number of aliphatic hydroxyl groups is 1. The van der Waals surface area contributed by atoms with Crippen LogP contribution in [-0.2, 0) is 4.79 Å². The lowest BCUT2D eigenvalue weighted by Crippen LogP contribution is -2.34. The van der Waals surface area contributed by atoms with Crippen LogP contribution in [0.1, 0.15) is 17.3 Å². The molecule has 0 bridgehead atoms. The Morgan fingerprint density at radius 1 is 1.33 bits per heavy atom. The number of amides is 1. The highest BCUT2D eigenvalue weighted by atomic mass is 19.1. The standard InChI is InChI=1S/C12H11F2NO3/c1-6(5-16)4-15-9-3-7(13)2-8(14)10(9)11(17)12(15)18/h2-3,6,16H,4-5H2,1H3. The molecule has 0 aromatic heterocycles. The summed E-state index contributed by atoms with van der Waals surface area (Å²) >= 11 is 0. The lowest BCUT2D eigenvalue weighted by Gasteiger charge is -2.19. The second-order valence-electron chi connectivity index (χ2n) is 4.31. The van der Waals surface area contributed by atoms with E-state index in [0.717, 1.165) is 11.0 Å². The number of anilines is 1. The molecule has 4 nitrogen and oxygen atoms in total. The van der Waals surface area contributed by atoms with Crippen molar-refractivity contribution < 1.29 is 23.5 Å². The SMILES string of the molecule is CC(CO)CN1C(=O)C(=O)c2c(F)cc(F)cc21. The quantitative estimate of drug-likeness (QED) is 0.823. The zero-order valence-electron chi connectivity index (χ0n) is 9.61. The number of carbonyl (C=O) groups is 2. The van der Waals surface area contributed by atoms with E-state index in [2.05, 4.69) is 0 Å². The number of fused-ring (bicyclic) bond motifs is 1. The topological polar surface area (TPSA) is 57.6 Å². The van der Waals surface area contributed by atoms with E-state index < -0.39 is 28.9 Å². The van der Waals surface area contributed by atoms with Crippen LogP contribution in [0.4, 0.5) is 14.5 Å². The number of nitrogens with zero attached hydrogens (tertiary/aromatic N) is 1. The van der Waals surface area contributed by atoms with E-state index in [4.69, 9.17) is 5.11 Å². The van der Waals surface area contributed by atoms with Crippen LogP contribution >= 0.6 is 0 Å². The minimum absolute atomic E-state index is 0.0387. The summed E-state index contributed by atoms with van der Waals surface area (Å²) in [4.78, 5) is 24.3. The summed E-state index contributed by atoms with van der Waals surface area (Å²) in [7, 11) is 0. The second kappa shape index (κ2) is 4.45. The summed E-state index contributed by atoms with van der Waals surface area (Å²) in [5.41, 5.74) is -0.464. The van der Waals surface area contributed by atoms with E-state index in [-0.39, 0.29) is 24.8 Å². The fraction of sp³-hybridized carbons (Fsp3) is 0.333. The highest BCUT2D eigenvalue weighted by molar-refractivity contribution is 6.52. The van der Waals surface area contributed by atoms with Crippen LogP contribution in [-0.4, -0.2) is 29.9 Å². The third kappa shape index (κ3) is 1.88. The maximum absolute atomic E-state index is 13.5. The van der Waals surface area contributed by atoms with Crippen LogP contribution < -0.4 is 4.90 Å². The van der Waals surface area contributed by atoms with Gasteiger partial charge in [-0.25, -0.2) is 8.78 Å². The number of aliphatic hydroxyl groups excluding tert-OH is 1. The van der Waals surface area contributed by atoms with Gasteiger partial charge in [0.2, 0.25) is 0 Å². The van der Waals surface area contributed by atoms with Crippen LogP contribution in [0.3, 0.4) is 0 Å². The zero-order valence-corrected chi connectivity index (χ0v) is 9.61. The normalized spacial score (nSPS) is 16.1. The van der Waals surface area contributed by atoms with Crippen LogP contribution in [0, 0.1) is 17.6 Å². The lowest BCUT2D eigenvalue weighted by atomic mass is 10.1. The molecule has 0 fully saturated rings. The van der Waals surface area contributed by atoms with E-state index >= 15 is 0 Å². The lowest BCUT2D eigenvalue weighted by molar-refractivity contribution is -0.114. The van der Waals surface area contributed by atoms with Crippen molar-refractivity contribution in [3.8, 4) is 0 Å². The molecule has 1 aromatic rings. The second-order valence-corrected chi connectivity index (χ2v) is 4.31. The summed E-state index contributed by atoms with van der Waals surface area (Å²) in [5.74, 6) is -4.06. The number of carbonyl (C=O) groups excluding carboxylic acids is 2. The fourth-order valence-electron chi connectivity index (χ4n) is 1.89. The van der Waals surface area contributed by atoms with Crippen LogP contribution in [0.2, 0.25) is 0 Å². The van der Waals surface area contributed by atoms with Crippen molar-refractivity contribution >= 4 is 17.4 Å². The maximum atomic E-state index is 13.5. The number of hydrogen-bond acceptors (Lipinski definition) is 3. The third-order valence-corrected chi connectivity index (χ3v) is 2.80. The van der Waals surface area contributed by atoms with Crippen molar-refractivity contribution in [1.29, 1.82) is 0 Å². The summed E-state index contributed by atoms with van der Waals surface area (Å²) in [5, 5.41) is 8.93. The monoisotopic (exact) mass is 255 g/mol. The first-order chi connectivity index (χ1) is 8.45. The van der Waals surface area contributed by atoms with Crippen molar-refractivity contribution in [1.82, 2.24) is 0 Å². The molecule has 18 heavy (non-hydrogen) atoms. The van der Waals surface area contributed by atoms with E-state index in [1.165, 1.54) is 0 Å². The molecule has 0 saturated heterocycles. The van der Waals surface area contributed by atoms with Gasteiger partial charge in [-0.2, -0.15) is 0 Å². The van der Waals surface area contributed by atoms with Gasteiger partial charge < -0.3 is 10.0 Å². The molecule has 0 spiro atoms. The van der Waals surface area contributed by atoms with Crippen LogP contribution in [0.25, 0.3) is 0 Å². The molecule has 1 N–H and O–H groups in total. The number of Topliss-reactive ketones (excluding diaryl/α,β-unsaturated/α-hetero) is 1. The van der Waals surface area contributed by atoms with Crippen molar-refractivity contribution in [2.75, 3.05) is 18.1 Å². The third-order valence-electron chi connectivity index (χ3n) is 2.80. The van der Waals surface area contributed by atoms with Crippen molar-refractivity contribution in [2.45, 2.75) is 6.92 Å². The van der Waals surface area contributed by atoms with Gasteiger partial charge in [0.1, 0.15) is 11.6 Å². The molecule has 1 aliphatic heterocycles. The molecule has 1 atom stereocenters. The molecule has 0 saturated carbocycles. The van der Waals surface area contributed by atoms with Crippen LogP contribution in [0.15, 0.2) is 12.1 Å². The molecule has 1 aromatic carbocycles. The van der Waals surface area contributed by atoms with Crippen molar-refractivity contribution in [3.05, 3.63) is 29.3 Å². The van der Waals surface area contributed by atoms with Gasteiger partial charge in [-0.05, 0) is 12.0 Å². The molecule has 0 aliphatic carbocycles. The summed E-state index contributed by atoms with van der Waals surface area (Å²) < 4.78 is 26.6. The number of rotatable bonds is 3. The average Bonchev–Trinajstić information content (AvgIpc) is 2.54. The number of ketones is 1. The average molecular weight is 255 g/mol. The van der Waals surface area contributed by atoms with Gasteiger partial charge in [-0.3, -0.25) is 9.59 Å². The maximum Gasteiger partial charge on any atom is 0.299 e. The Morgan fingerprint density at radius 3 is 2.61 bits per heavy atom. The first-order valence-electron chi connectivity index (χ1n) is 5.41. The Morgan fingerprint density at radius 2 is 2.00 bits per heavy atom. The van der Waals surface area contributed by atoms with Gasteiger partial charge in [-0.15, -0.1) is 0 Å². The minimum Gasteiger partial charge on any atom is -0.396 e. The van der Waals surface area contributed by atoms with Crippen molar-refractivity contribution in [3.63, 3.8) is 0 Å². The van der Waals surface area contributed by atoms with Crippen molar-refractivity contribution in [2.24, 2.45) is 5.92 Å². The predicted octanol–water partition coefficient (Wildman–Crippen LogP) is 1.12. The first kappa shape index (κ1) is 12.6. The Labute approximate surface area is 102 Å². The van der Waals surface area contributed by atoms with Gasteiger partial charge in [0.25, 0.3) is 11.7 Å². The molecule has 1 unspecified atom stereocenters. The summed E-state index contributed by atoms with van der Waals surface area (Å²) in [6.07, 6.45) is 0. The predicted molar refractivity (Wildman–Crippen MR) is 59.3 cm³/mol. The minimum atomic E-state index is -1.04. The molecule has 96 valence electrons. The number of benzene rings is 1. The van der Waals surface area contributed by atoms with E-state index in [1.54, 1.807) is 6.92 Å². The molecular formula is C12H11F2NO3. The largest absolute Gasteiger partial charge is 0.396 e. The van der Waals surface area contributed by atoms with Gasteiger partial charge in [0.05, 0.1) is 11.3 Å². The van der Waals surface area contributed by atoms with Crippen LogP contribution in [0.5, 0.6) is 0 Å². The first-order valence-corrected chi connectivity index (χ1v) is 5.41. The van der Waals surface area contributed by atoms with E-state index in [0.29, 0.717) is 6.07 Å². The highest BCUT2D eigenvalue weighted by Crippen LogP contribution is 2.32. The van der Waals surface area contributed by atoms with E-state index in [1.807, 2.05) is 0 Å². The molecule has 6 heteroatoms. The van der Waals surface area contributed by atoms with Gasteiger partial charge >= 0.3 is 0 Å². The number of halogens is 2. The number of hydrogen-bond donors (Lipinski definition) is 1. The summed E-state index contributed by atoms with van der Waals surface area (Å²) in [6, 6.07) is 1.52. The molecule has 1 aliphatic rings. The zero-order chi connectivity index (χ0) is 13.4. The Balaban J connectivity index is 2.48.